The lowest BCUT2D eigenvalue weighted by atomic mass is 10.00. The number of hydrogen-bond donors (Lipinski definition) is 2. The molecule has 1 saturated heterocycles. The monoisotopic (exact) mass is 255 g/mol. The summed E-state index contributed by atoms with van der Waals surface area (Å²) < 4.78 is 0. The zero-order valence-corrected chi connectivity index (χ0v) is 12.5. The Bertz CT molecular complexity index is 268. The first-order chi connectivity index (χ1) is 8.35. The van der Waals surface area contributed by atoms with Crippen LogP contribution in [-0.2, 0) is 4.79 Å². The second-order valence-electron chi connectivity index (χ2n) is 6.16. The second-order valence-corrected chi connectivity index (χ2v) is 6.16. The van der Waals surface area contributed by atoms with Gasteiger partial charge in [-0.05, 0) is 47.0 Å². The van der Waals surface area contributed by atoms with Crippen LogP contribution in [0.3, 0.4) is 0 Å². The Hall–Kier alpha value is -0.610. The van der Waals surface area contributed by atoms with Gasteiger partial charge in [-0.25, -0.2) is 10.4 Å². The molecule has 2 N–H and O–H groups in total. The summed E-state index contributed by atoms with van der Waals surface area (Å²) in [5.74, 6) is 0.0758. The highest BCUT2D eigenvalue weighted by molar-refractivity contribution is 5.78. The van der Waals surface area contributed by atoms with Crippen molar-refractivity contribution >= 4 is 5.91 Å². The van der Waals surface area contributed by atoms with Crippen molar-refractivity contribution in [3.8, 4) is 0 Å². The van der Waals surface area contributed by atoms with E-state index in [-0.39, 0.29) is 11.4 Å². The standard InChI is InChI=1S/C14H29N3O/c1-6-14(4,5)16-13(18)10-15-17-11(2)8-7-9-12(17)3/h11-12,15H,6-10H2,1-5H3,(H,16,18). The van der Waals surface area contributed by atoms with Gasteiger partial charge >= 0.3 is 0 Å². The molecule has 0 aliphatic carbocycles. The summed E-state index contributed by atoms with van der Waals surface area (Å²) in [5, 5.41) is 5.29. The minimum atomic E-state index is -0.113. The molecular weight excluding hydrogens is 226 g/mol. The highest BCUT2D eigenvalue weighted by atomic mass is 16.2. The first-order valence-corrected chi connectivity index (χ1v) is 7.18. The molecule has 2 unspecified atom stereocenters. The van der Waals surface area contributed by atoms with E-state index in [1.54, 1.807) is 0 Å². The zero-order valence-electron chi connectivity index (χ0n) is 12.5. The summed E-state index contributed by atoms with van der Waals surface area (Å²) in [7, 11) is 0. The highest BCUT2D eigenvalue weighted by Gasteiger charge is 2.25. The molecule has 0 aromatic rings. The Balaban J connectivity index is 2.37. The molecule has 0 aromatic heterocycles. The number of amides is 1. The Morgan fingerprint density at radius 1 is 1.28 bits per heavy atom. The first-order valence-electron chi connectivity index (χ1n) is 7.18. The Labute approximate surface area is 111 Å². The molecule has 0 saturated carbocycles. The fraction of sp³-hybridized carbons (Fsp3) is 0.929. The van der Waals surface area contributed by atoms with Crippen LogP contribution in [0.25, 0.3) is 0 Å². The van der Waals surface area contributed by atoms with Gasteiger partial charge in [0.25, 0.3) is 0 Å². The number of piperidine rings is 1. The summed E-state index contributed by atoms with van der Waals surface area (Å²) >= 11 is 0. The summed E-state index contributed by atoms with van der Waals surface area (Å²) in [6.07, 6.45) is 4.64. The maximum atomic E-state index is 11.9. The van der Waals surface area contributed by atoms with Gasteiger partial charge in [-0.2, -0.15) is 0 Å². The highest BCUT2D eigenvalue weighted by Crippen LogP contribution is 2.19. The van der Waals surface area contributed by atoms with E-state index in [1.165, 1.54) is 19.3 Å². The number of carbonyl (C=O) groups is 1. The van der Waals surface area contributed by atoms with E-state index >= 15 is 0 Å². The molecule has 2 atom stereocenters. The summed E-state index contributed by atoms with van der Waals surface area (Å²) in [5.41, 5.74) is 3.18. The average molecular weight is 255 g/mol. The Morgan fingerprint density at radius 2 is 1.83 bits per heavy atom. The average Bonchev–Trinajstić information content (AvgIpc) is 2.28. The summed E-state index contributed by atoms with van der Waals surface area (Å²) in [6, 6.07) is 1.03. The van der Waals surface area contributed by atoms with Crippen molar-refractivity contribution in [1.29, 1.82) is 0 Å². The first kappa shape index (κ1) is 15.4. The quantitative estimate of drug-likeness (QED) is 0.790. The van der Waals surface area contributed by atoms with Crippen LogP contribution in [0.5, 0.6) is 0 Å². The normalized spacial score (nSPS) is 26.1. The van der Waals surface area contributed by atoms with Gasteiger partial charge in [0.1, 0.15) is 0 Å². The lowest BCUT2D eigenvalue weighted by Crippen LogP contribution is -2.55. The summed E-state index contributed by atoms with van der Waals surface area (Å²) in [4.78, 5) is 11.9. The van der Waals surface area contributed by atoms with Crippen LogP contribution in [0, 0.1) is 0 Å². The van der Waals surface area contributed by atoms with Gasteiger partial charge in [0.15, 0.2) is 0 Å². The molecule has 18 heavy (non-hydrogen) atoms. The number of carbonyl (C=O) groups excluding carboxylic acids is 1. The molecule has 1 aliphatic heterocycles. The molecule has 0 aromatic carbocycles. The van der Waals surface area contributed by atoms with E-state index in [0.29, 0.717) is 18.6 Å². The van der Waals surface area contributed by atoms with E-state index in [4.69, 9.17) is 0 Å². The maximum absolute atomic E-state index is 11.9. The third-order valence-corrected chi connectivity index (χ3v) is 3.98. The SMILES string of the molecule is CCC(C)(C)NC(=O)CNN1C(C)CCCC1C. The third-order valence-electron chi connectivity index (χ3n) is 3.98. The van der Waals surface area contributed by atoms with Crippen LogP contribution in [0.2, 0.25) is 0 Å². The smallest absolute Gasteiger partial charge is 0.235 e. The molecule has 1 rings (SSSR count). The fourth-order valence-electron chi connectivity index (χ4n) is 2.41. The predicted octanol–water partition coefficient (Wildman–Crippen LogP) is 2.06. The van der Waals surface area contributed by atoms with Gasteiger partial charge in [0, 0.05) is 17.6 Å². The van der Waals surface area contributed by atoms with Gasteiger partial charge in [-0.15, -0.1) is 0 Å². The van der Waals surface area contributed by atoms with Crippen molar-refractivity contribution in [2.24, 2.45) is 0 Å². The molecule has 0 spiro atoms. The van der Waals surface area contributed by atoms with Gasteiger partial charge in [0.2, 0.25) is 5.91 Å². The number of hydrogen-bond acceptors (Lipinski definition) is 3. The molecule has 1 fully saturated rings. The predicted molar refractivity (Wildman–Crippen MR) is 75.1 cm³/mol. The van der Waals surface area contributed by atoms with Crippen LogP contribution in [0.1, 0.15) is 60.3 Å². The second kappa shape index (κ2) is 6.53. The van der Waals surface area contributed by atoms with Crippen LogP contribution in [0.4, 0.5) is 0 Å². The minimum Gasteiger partial charge on any atom is -0.350 e. The molecule has 1 aliphatic rings. The number of hydrazine groups is 1. The van der Waals surface area contributed by atoms with E-state index < -0.39 is 0 Å². The molecule has 106 valence electrons. The zero-order chi connectivity index (χ0) is 13.8. The van der Waals surface area contributed by atoms with Crippen molar-refractivity contribution in [2.45, 2.75) is 77.9 Å². The van der Waals surface area contributed by atoms with E-state index in [2.05, 4.69) is 50.4 Å². The molecule has 4 heteroatoms. The van der Waals surface area contributed by atoms with Crippen molar-refractivity contribution in [3.63, 3.8) is 0 Å². The lowest BCUT2D eigenvalue weighted by molar-refractivity contribution is -0.123. The molecule has 1 heterocycles. The van der Waals surface area contributed by atoms with Gasteiger partial charge in [0.05, 0.1) is 6.54 Å². The molecular formula is C14H29N3O. The van der Waals surface area contributed by atoms with Crippen molar-refractivity contribution < 1.29 is 4.79 Å². The van der Waals surface area contributed by atoms with Crippen LogP contribution in [-0.4, -0.2) is 35.1 Å². The van der Waals surface area contributed by atoms with Crippen molar-refractivity contribution in [2.75, 3.05) is 6.54 Å². The molecule has 1 amide bonds. The Morgan fingerprint density at radius 3 is 2.33 bits per heavy atom. The van der Waals surface area contributed by atoms with E-state index in [1.807, 2.05) is 0 Å². The van der Waals surface area contributed by atoms with Crippen LogP contribution in [0.15, 0.2) is 0 Å². The van der Waals surface area contributed by atoms with Crippen LogP contribution < -0.4 is 10.7 Å². The minimum absolute atomic E-state index is 0.0758. The van der Waals surface area contributed by atoms with Crippen molar-refractivity contribution in [3.05, 3.63) is 0 Å². The molecule has 4 nitrogen and oxygen atoms in total. The van der Waals surface area contributed by atoms with Gasteiger partial charge in [-0.1, -0.05) is 13.3 Å². The van der Waals surface area contributed by atoms with E-state index in [0.717, 1.165) is 6.42 Å². The molecule has 0 bridgehead atoms. The third kappa shape index (κ3) is 4.58. The Kier molecular flexibility index (Phi) is 5.60. The number of rotatable bonds is 5. The number of nitrogens with zero attached hydrogens (tertiary/aromatic N) is 1. The molecule has 0 radical (unpaired) electrons. The van der Waals surface area contributed by atoms with Gasteiger partial charge in [-0.3, -0.25) is 4.79 Å². The maximum Gasteiger partial charge on any atom is 0.235 e. The number of nitrogens with one attached hydrogen (secondary N) is 2. The van der Waals surface area contributed by atoms with E-state index in [9.17, 15) is 4.79 Å². The van der Waals surface area contributed by atoms with Crippen LogP contribution >= 0.6 is 0 Å². The fourth-order valence-corrected chi connectivity index (χ4v) is 2.41. The largest absolute Gasteiger partial charge is 0.350 e. The summed E-state index contributed by atoms with van der Waals surface area (Å²) in [6.45, 7) is 11.0. The topological polar surface area (TPSA) is 44.4 Å². The van der Waals surface area contributed by atoms with Crippen molar-refractivity contribution in [1.82, 2.24) is 15.8 Å². The van der Waals surface area contributed by atoms with Gasteiger partial charge < -0.3 is 5.32 Å². The lowest BCUT2D eigenvalue weighted by Gasteiger charge is -2.39.